The number of rotatable bonds is 5. The Morgan fingerprint density at radius 3 is 2.77 bits per heavy atom. The van der Waals surface area contributed by atoms with E-state index in [9.17, 15) is 9.18 Å². The Bertz CT molecular complexity index is 824. The van der Waals surface area contributed by atoms with Gasteiger partial charge in [-0.2, -0.15) is 0 Å². The zero-order valence-corrected chi connectivity index (χ0v) is 15.5. The molecule has 1 aliphatic carbocycles. The summed E-state index contributed by atoms with van der Waals surface area (Å²) in [5.74, 6) is -0.395. The summed E-state index contributed by atoms with van der Waals surface area (Å²) in [5.41, 5.74) is 2.75. The molecule has 0 saturated heterocycles. The van der Waals surface area contributed by atoms with Crippen LogP contribution in [-0.2, 0) is 4.74 Å². The summed E-state index contributed by atoms with van der Waals surface area (Å²) in [6, 6.07) is 6.73. The second kappa shape index (κ2) is 7.03. The molecular weight excluding hydrogens is 333 g/mol. The van der Waals surface area contributed by atoms with E-state index in [1.807, 2.05) is 45.9 Å². The van der Waals surface area contributed by atoms with E-state index in [2.05, 4.69) is 15.6 Å². The van der Waals surface area contributed by atoms with E-state index in [1.165, 1.54) is 6.07 Å². The molecule has 1 fully saturated rings. The molecule has 1 aromatic heterocycles. The molecule has 2 aromatic rings. The number of halogens is 1. The minimum absolute atomic E-state index is 0.000748. The van der Waals surface area contributed by atoms with E-state index in [1.54, 1.807) is 6.20 Å². The second-order valence-electron chi connectivity index (χ2n) is 7.26. The SMILES string of the molecule is Cc1ccc(-c2cncc(F)c2)cc1NC(=O)N[C@@H]1C[C@]1(C)OC(C)C. The highest BCUT2D eigenvalue weighted by Gasteiger charge is 2.53. The molecule has 2 N–H and O–H groups in total. The van der Waals surface area contributed by atoms with Gasteiger partial charge in [0.05, 0.1) is 23.9 Å². The number of carbonyl (C=O) groups is 1. The normalized spacial score (nSPS) is 21.5. The monoisotopic (exact) mass is 357 g/mol. The third-order valence-electron chi connectivity index (χ3n) is 4.52. The summed E-state index contributed by atoms with van der Waals surface area (Å²) in [6.45, 7) is 7.88. The topological polar surface area (TPSA) is 63.2 Å². The molecule has 0 unspecified atom stereocenters. The van der Waals surface area contributed by atoms with Crippen LogP contribution in [0.5, 0.6) is 0 Å². The molecule has 1 aromatic carbocycles. The predicted octanol–water partition coefficient (Wildman–Crippen LogP) is 4.27. The summed E-state index contributed by atoms with van der Waals surface area (Å²) < 4.78 is 19.2. The van der Waals surface area contributed by atoms with Crippen LogP contribution >= 0.6 is 0 Å². The Balaban J connectivity index is 1.68. The van der Waals surface area contributed by atoms with E-state index in [0.29, 0.717) is 11.3 Å². The average molecular weight is 357 g/mol. The van der Waals surface area contributed by atoms with Crippen LogP contribution in [0.25, 0.3) is 11.1 Å². The Hall–Kier alpha value is -2.47. The fourth-order valence-electron chi connectivity index (χ4n) is 3.04. The number of benzene rings is 1. The van der Waals surface area contributed by atoms with Crippen LogP contribution in [0.3, 0.4) is 0 Å². The van der Waals surface area contributed by atoms with Gasteiger partial charge in [0.1, 0.15) is 5.82 Å². The number of nitrogens with one attached hydrogen (secondary N) is 2. The third kappa shape index (κ3) is 4.19. The largest absolute Gasteiger partial charge is 0.370 e. The number of nitrogens with zero attached hydrogens (tertiary/aromatic N) is 1. The van der Waals surface area contributed by atoms with Gasteiger partial charge in [0.2, 0.25) is 0 Å². The molecule has 5 nitrogen and oxygen atoms in total. The molecule has 0 bridgehead atoms. The maximum absolute atomic E-state index is 13.4. The maximum atomic E-state index is 13.4. The summed E-state index contributed by atoms with van der Waals surface area (Å²) >= 11 is 0. The van der Waals surface area contributed by atoms with Gasteiger partial charge in [0.15, 0.2) is 0 Å². The number of aromatic nitrogens is 1. The first-order chi connectivity index (χ1) is 12.3. The molecule has 6 heteroatoms. The van der Waals surface area contributed by atoms with Crippen molar-refractivity contribution in [2.24, 2.45) is 0 Å². The number of anilines is 1. The van der Waals surface area contributed by atoms with Crippen molar-refractivity contribution in [3.05, 3.63) is 48.0 Å². The van der Waals surface area contributed by atoms with Crippen LogP contribution in [0.4, 0.5) is 14.9 Å². The molecule has 26 heavy (non-hydrogen) atoms. The zero-order chi connectivity index (χ0) is 18.9. The van der Waals surface area contributed by atoms with E-state index >= 15 is 0 Å². The van der Waals surface area contributed by atoms with E-state index in [0.717, 1.165) is 23.7 Å². The lowest BCUT2D eigenvalue weighted by Gasteiger charge is -2.17. The number of aryl methyl sites for hydroxylation is 1. The standard InChI is InChI=1S/C20H24FN3O2/c1-12(2)26-20(4)9-18(20)24-19(25)23-17-8-14(6-5-13(17)3)15-7-16(21)11-22-10-15/h5-8,10-12,18H,9H2,1-4H3,(H2,23,24,25)/t18-,20+/m1/s1. The molecular formula is C20H24FN3O2. The highest BCUT2D eigenvalue weighted by Crippen LogP contribution is 2.40. The molecule has 2 amide bonds. The molecule has 0 aliphatic heterocycles. The predicted molar refractivity (Wildman–Crippen MR) is 99.6 cm³/mol. The lowest BCUT2D eigenvalue weighted by molar-refractivity contribution is -0.00449. The fraction of sp³-hybridized carbons (Fsp3) is 0.400. The van der Waals surface area contributed by atoms with Crippen molar-refractivity contribution in [2.45, 2.75) is 51.9 Å². The average Bonchev–Trinajstić information content (AvgIpc) is 3.17. The van der Waals surface area contributed by atoms with Crippen molar-refractivity contribution < 1.29 is 13.9 Å². The highest BCUT2D eigenvalue weighted by molar-refractivity contribution is 5.91. The molecule has 2 atom stereocenters. The Kier molecular flexibility index (Phi) is 4.96. The smallest absolute Gasteiger partial charge is 0.319 e. The molecule has 1 aliphatic rings. The van der Waals surface area contributed by atoms with Crippen molar-refractivity contribution in [1.82, 2.24) is 10.3 Å². The number of urea groups is 1. The zero-order valence-electron chi connectivity index (χ0n) is 15.5. The minimum atomic E-state index is -0.395. The minimum Gasteiger partial charge on any atom is -0.370 e. The third-order valence-corrected chi connectivity index (χ3v) is 4.52. The van der Waals surface area contributed by atoms with Gasteiger partial charge in [-0.05, 0) is 51.0 Å². The number of amides is 2. The molecule has 1 heterocycles. The Labute approximate surface area is 153 Å². The second-order valence-corrected chi connectivity index (χ2v) is 7.26. The number of carbonyl (C=O) groups excluding carboxylic acids is 1. The van der Waals surface area contributed by atoms with E-state index < -0.39 is 5.82 Å². The van der Waals surface area contributed by atoms with Crippen LogP contribution in [0.1, 0.15) is 32.8 Å². The van der Waals surface area contributed by atoms with Gasteiger partial charge in [-0.3, -0.25) is 4.98 Å². The summed E-state index contributed by atoms with van der Waals surface area (Å²) in [5, 5.41) is 5.82. The summed E-state index contributed by atoms with van der Waals surface area (Å²) in [6.07, 6.45) is 3.67. The number of pyridine rings is 1. The van der Waals surface area contributed by atoms with E-state index in [4.69, 9.17) is 4.74 Å². The van der Waals surface area contributed by atoms with Crippen LogP contribution in [0.2, 0.25) is 0 Å². The number of hydrogen-bond donors (Lipinski definition) is 2. The quantitative estimate of drug-likeness (QED) is 0.840. The fourth-order valence-corrected chi connectivity index (χ4v) is 3.04. The van der Waals surface area contributed by atoms with Crippen molar-refractivity contribution >= 4 is 11.7 Å². The van der Waals surface area contributed by atoms with Gasteiger partial charge in [0.25, 0.3) is 0 Å². The molecule has 3 rings (SSSR count). The maximum Gasteiger partial charge on any atom is 0.319 e. The molecule has 138 valence electrons. The van der Waals surface area contributed by atoms with Gasteiger partial charge in [-0.1, -0.05) is 12.1 Å². The Morgan fingerprint density at radius 2 is 2.08 bits per heavy atom. The van der Waals surface area contributed by atoms with Gasteiger partial charge in [-0.15, -0.1) is 0 Å². The lowest BCUT2D eigenvalue weighted by Crippen LogP contribution is -2.36. The number of ether oxygens (including phenoxy) is 1. The van der Waals surface area contributed by atoms with Crippen LogP contribution in [0.15, 0.2) is 36.7 Å². The van der Waals surface area contributed by atoms with Crippen LogP contribution < -0.4 is 10.6 Å². The Morgan fingerprint density at radius 1 is 1.31 bits per heavy atom. The van der Waals surface area contributed by atoms with Gasteiger partial charge < -0.3 is 15.4 Å². The van der Waals surface area contributed by atoms with Crippen LogP contribution in [0, 0.1) is 12.7 Å². The number of hydrogen-bond acceptors (Lipinski definition) is 3. The van der Waals surface area contributed by atoms with Crippen molar-refractivity contribution in [3.8, 4) is 11.1 Å². The lowest BCUT2D eigenvalue weighted by atomic mass is 10.0. The van der Waals surface area contributed by atoms with Gasteiger partial charge in [0, 0.05) is 23.9 Å². The van der Waals surface area contributed by atoms with E-state index in [-0.39, 0.29) is 23.8 Å². The van der Waals surface area contributed by atoms with Crippen molar-refractivity contribution in [3.63, 3.8) is 0 Å². The first-order valence-corrected chi connectivity index (χ1v) is 8.74. The first kappa shape index (κ1) is 18.3. The summed E-state index contributed by atoms with van der Waals surface area (Å²) in [4.78, 5) is 16.2. The van der Waals surface area contributed by atoms with Crippen molar-refractivity contribution in [2.75, 3.05) is 5.32 Å². The first-order valence-electron chi connectivity index (χ1n) is 8.74. The van der Waals surface area contributed by atoms with Crippen LogP contribution in [-0.4, -0.2) is 28.8 Å². The van der Waals surface area contributed by atoms with Gasteiger partial charge in [-0.25, -0.2) is 9.18 Å². The van der Waals surface area contributed by atoms with Crippen molar-refractivity contribution in [1.29, 1.82) is 0 Å². The van der Waals surface area contributed by atoms with Gasteiger partial charge >= 0.3 is 6.03 Å². The summed E-state index contributed by atoms with van der Waals surface area (Å²) in [7, 11) is 0. The molecule has 0 radical (unpaired) electrons. The molecule has 1 saturated carbocycles. The molecule has 0 spiro atoms. The highest BCUT2D eigenvalue weighted by atomic mass is 19.1.